The van der Waals surface area contributed by atoms with E-state index in [2.05, 4.69) is 21.2 Å². The van der Waals surface area contributed by atoms with E-state index in [1.54, 1.807) is 7.11 Å². The van der Waals surface area contributed by atoms with Gasteiger partial charge in [0.1, 0.15) is 5.75 Å². The Hall–Kier alpha value is -2.47. The summed E-state index contributed by atoms with van der Waals surface area (Å²) in [6.45, 7) is 0.553. The van der Waals surface area contributed by atoms with Crippen molar-refractivity contribution in [2.75, 3.05) is 13.7 Å². The number of pyridine rings is 1. The zero-order chi connectivity index (χ0) is 14.4. The summed E-state index contributed by atoms with van der Waals surface area (Å²) in [5.74, 6) is 0.642. The average molecular weight is 273 g/mol. The van der Waals surface area contributed by atoms with Gasteiger partial charge in [-0.1, -0.05) is 6.07 Å². The van der Waals surface area contributed by atoms with Gasteiger partial charge in [0.05, 0.1) is 37.5 Å². The van der Waals surface area contributed by atoms with Crippen molar-refractivity contribution in [1.29, 1.82) is 0 Å². The quantitative estimate of drug-likeness (QED) is 0.607. The second-order valence-corrected chi connectivity index (χ2v) is 4.19. The lowest BCUT2D eigenvalue weighted by Gasteiger charge is -2.02. The van der Waals surface area contributed by atoms with Gasteiger partial charge in [0, 0.05) is 5.39 Å². The molecule has 1 heterocycles. The molecule has 0 atom stereocenters. The van der Waals surface area contributed by atoms with E-state index in [0.29, 0.717) is 18.7 Å². The zero-order valence-corrected chi connectivity index (χ0v) is 11.3. The van der Waals surface area contributed by atoms with Gasteiger partial charge in [-0.25, -0.2) is 10.4 Å². The highest BCUT2D eigenvalue weighted by molar-refractivity contribution is 5.86. The first-order valence-corrected chi connectivity index (χ1v) is 6.29. The van der Waals surface area contributed by atoms with Crippen LogP contribution in [0.3, 0.4) is 0 Å². The maximum Gasteiger partial charge on any atom is 0.245 e. The van der Waals surface area contributed by atoms with E-state index in [0.717, 1.165) is 16.7 Å². The smallest absolute Gasteiger partial charge is 0.245 e. The highest BCUT2D eigenvalue weighted by atomic mass is 16.5. The lowest BCUT2D eigenvalue weighted by molar-refractivity contribution is -0.366. The molecule has 0 saturated heterocycles. The topological polar surface area (TPSA) is 91.2 Å². The maximum atomic E-state index is 11.2. The molecule has 0 unspecified atom stereocenters. The van der Waals surface area contributed by atoms with Gasteiger partial charge in [0.2, 0.25) is 5.91 Å². The van der Waals surface area contributed by atoms with Gasteiger partial charge < -0.3 is 10.5 Å². The minimum Gasteiger partial charge on any atom is -0.497 e. The normalized spacial score (nSPS) is 10.9. The Morgan fingerprint density at radius 3 is 3.05 bits per heavy atom. The number of aromatic nitrogens is 1. The van der Waals surface area contributed by atoms with E-state index in [1.165, 1.54) is 6.21 Å². The molecule has 2 aromatic rings. The largest absolute Gasteiger partial charge is 0.497 e. The minimum atomic E-state index is -0.151. The number of hydrogen-bond acceptors (Lipinski definition) is 4. The Morgan fingerprint density at radius 2 is 2.30 bits per heavy atom. The fourth-order valence-electron chi connectivity index (χ4n) is 1.71. The summed E-state index contributed by atoms with van der Waals surface area (Å²) in [7, 11) is 1.63. The Morgan fingerprint density at radius 1 is 1.45 bits per heavy atom. The van der Waals surface area contributed by atoms with E-state index in [-0.39, 0.29) is 5.91 Å². The highest BCUT2D eigenvalue weighted by Crippen LogP contribution is 2.19. The van der Waals surface area contributed by atoms with Crippen LogP contribution >= 0.6 is 0 Å². The van der Waals surface area contributed by atoms with Crippen LogP contribution in [0.15, 0.2) is 35.4 Å². The molecule has 1 aromatic heterocycles. The summed E-state index contributed by atoms with van der Waals surface area (Å²) >= 11 is 0. The molecule has 104 valence electrons. The molecule has 2 rings (SSSR count). The van der Waals surface area contributed by atoms with Gasteiger partial charge in [-0.15, -0.1) is 0 Å². The predicted molar refractivity (Wildman–Crippen MR) is 76.4 cm³/mol. The number of ether oxygens (including phenoxy) is 1. The fraction of sp³-hybridized carbons (Fsp3) is 0.214. The van der Waals surface area contributed by atoms with Gasteiger partial charge in [-0.2, -0.15) is 5.10 Å². The highest BCUT2D eigenvalue weighted by Gasteiger charge is 2.00. The standard InChI is InChI=1S/C14H16N4O2/c1-20-12-4-5-13-10(8-12)2-3-11(17-13)9-16-18-14(19)6-7-15/h2-5,8-9H,6-7,15H2,1H3,(H,18,19)/p+1/b16-9-. The van der Waals surface area contributed by atoms with Crippen LogP contribution in [0.25, 0.3) is 10.9 Å². The van der Waals surface area contributed by atoms with Crippen molar-refractivity contribution in [3.63, 3.8) is 0 Å². The van der Waals surface area contributed by atoms with E-state index in [1.807, 2.05) is 30.3 Å². The number of nitrogens with zero attached hydrogens (tertiary/aromatic N) is 2. The molecule has 0 saturated carbocycles. The Kier molecular flexibility index (Phi) is 4.62. The van der Waals surface area contributed by atoms with Crippen LogP contribution in [0.4, 0.5) is 0 Å². The number of fused-ring (bicyclic) bond motifs is 1. The van der Waals surface area contributed by atoms with Crippen LogP contribution in [0.2, 0.25) is 0 Å². The number of methoxy groups -OCH3 is 1. The molecule has 1 aromatic carbocycles. The van der Waals surface area contributed by atoms with E-state index in [9.17, 15) is 4.79 Å². The molecule has 0 bridgehead atoms. The molecule has 0 fully saturated rings. The number of nitrogens with one attached hydrogen (secondary N) is 1. The first-order valence-electron chi connectivity index (χ1n) is 6.29. The number of carbonyl (C=O) groups excluding carboxylic acids is 1. The number of quaternary nitrogens is 1. The molecule has 4 N–H and O–H groups in total. The van der Waals surface area contributed by atoms with Crippen molar-refractivity contribution in [3.05, 3.63) is 36.0 Å². The third kappa shape index (κ3) is 3.52. The van der Waals surface area contributed by atoms with Crippen LogP contribution < -0.4 is 15.9 Å². The van der Waals surface area contributed by atoms with Gasteiger partial charge in [0.25, 0.3) is 0 Å². The lowest BCUT2D eigenvalue weighted by Crippen LogP contribution is -2.51. The summed E-state index contributed by atoms with van der Waals surface area (Å²) in [4.78, 5) is 15.6. The third-order valence-corrected chi connectivity index (χ3v) is 2.71. The van der Waals surface area contributed by atoms with Crippen LogP contribution in [0.5, 0.6) is 5.75 Å². The van der Waals surface area contributed by atoms with Gasteiger partial charge in [-0.3, -0.25) is 4.79 Å². The minimum absolute atomic E-state index is 0.151. The van der Waals surface area contributed by atoms with E-state index in [4.69, 9.17) is 4.74 Å². The summed E-state index contributed by atoms with van der Waals surface area (Å²) in [6.07, 6.45) is 1.88. The van der Waals surface area contributed by atoms with Crippen molar-refractivity contribution in [2.45, 2.75) is 6.42 Å². The number of amides is 1. The Balaban J connectivity index is 2.12. The number of carbonyl (C=O) groups is 1. The molecule has 1 amide bonds. The third-order valence-electron chi connectivity index (χ3n) is 2.71. The molecular formula is C14H17N4O2+. The molecule has 0 aliphatic carbocycles. The predicted octanol–water partition coefficient (Wildman–Crippen LogP) is 0.326. The summed E-state index contributed by atoms with van der Waals surface area (Å²) in [6, 6.07) is 9.42. The molecule has 0 aliphatic heterocycles. The maximum absolute atomic E-state index is 11.2. The molecule has 0 radical (unpaired) electrons. The Bertz CT molecular complexity index is 640. The molecule has 6 nitrogen and oxygen atoms in total. The van der Waals surface area contributed by atoms with Gasteiger partial charge in [-0.05, 0) is 24.3 Å². The van der Waals surface area contributed by atoms with Crippen molar-refractivity contribution in [2.24, 2.45) is 5.10 Å². The number of benzene rings is 1. The van der Waals surface area contributed by atoms with Crippen molar-refractivity contribution < 1.29 is 15.3 Å². The average Bonchev–Trinajstić information content (AvgIpc) is 2.47. The van der Waals surface area contributed by atoms with Crippen LogP contribution in [-0.2, 0) is 4.79 Å². The summed E-state index contributed by atoms with van der Waals surface area (Å²) in [5.41, 5.74) is 7.56. The summed E-state index contributed by atoms with van der Waals surface area (Å²) in [5, 5.41) is 4.85. The zero-order valence-electron chi connectivity index (χ0n) is 11.3. The molecule has 0 aliphatic rings. The van der Waals surface area contributed by atoms with Crippen LogP contribution in [0.1, 0.15) is 12.1 Å². The number of rotatable bonds is 5. The van der Waals surface area contributed by atoms with E-state index >= 15 is 0 Å². The van der Waals surface area contributed by atoms with Gasteiger partial charge in [0.15, 0.2) is 0 Å². The summed E-state index contributed by atoms with van der Waals surface area (Å²) < 4.78 is 5.16. The Labute approximate surface area is 116 Å². The number of hydrazone groups is 1. The SMILES string of the molecule is COc1ccc2nc(/C=N\NC(=O)CC[NH3+])ccc2c1. The van der Waals surface area contributed by atoms with Crippen LogP contribution in [0, 0.1) is 0 Å². The first-order chi connectivity index (χ1) is 9.72. The second kappa shape index (κ2) is 6.63. The second-order valence-electron chi connectivity index (χ2n) is 4.19. The lowest BCUT2D eigenvalue weighted by atomic mass is 10.2. The monoisotopic (exact) mass is 273 g/mol. The fourth-order valence-corrected chi connectivity index (χ4v) is 1.71. The number of hydrogen-bond donors (Lipinski definition) is 2. The molecular weight excluding hydrogens is 256 g/mol. The van der Waals surface area contributed by atoms with Crippen LogP contribution in [-0.4, -0.2) is 30.8 Å². The molecule has 0 spiro atoms. The van der Waals surface area contributed by atoms with Crippen molar-refractivity contribution >= 4 is 23.0 Å². The van der Waals surface area contributed by atoms with Crippen molar-refractivity contribution in [1.82, 2.24) is 10.4 Å². The first kappa shape index (κ1) is 14.0. The van der Waals surface area contributed by atoms with Gasteiger partial charge >= 0.3 is 0 Å². The van der Waals surface area contributed by atoms with E-state index < -0.39 is 0 Å². The molecule has 20 heavy (non-hydrogen) atoms. The van der Waals surface area contributed by atoms with Crippen molar-refractivity contribution in [3.8, 4) is 5.75 Å². The molecule has 6 heteroatoms.